The summed E-state index contributed by atoms with van der Waals surface area (Å²) in [6.45, 7) is 1.97. The second kappa shape index (κ2) is 10.9. The molecule has 2 saturated heterocycles. The molecule has 0 amide bonds. The number of benzene rings is 2. The minimum absolute atomic E-state index is 0.0894. The molecular weight excluding hydrogens is 556 g/mol. The smallest absolute Gasteiger partial charge is 0.343 e. The van der Waals surface area contributed by atoms with Crippen LogP contribution in [-0.2, 0) is 33.3 Å². The van der Waals surface area contributed by atoms with Gasteiger partial charge < -0.3 is 30.3 Å². The molecule has 2 saturated carbocycles. The van der Waals surface area contributed by atoms with Crippen molar-refractivity contribution in [2.75, 3.05) is 13.1 Å². The van der Waals surface area contributed by atoms with E-state index in [9.17, 15) is 19.8 Å². The van der Waals surface area contributed by atoms with E-state index in [2.05, 4.69) is 22.8 Å². The first-order valence-electron chi connectivity index (χ1n) is 16.9. The number of ether oxygens (including phenoxy) is 2. The average Bonchev–Trinajstić information content (AvgIpc) is 3.04. The number of hydrogen-bond acceptors (Lipinski definition) is 8. The van der Waals surface area contributed by atoms with Crippen LogP contribution in [0.4, 0.5) is 0 Å². The van der Waals surface area contributed by atoms with Gasteiger partial charge in [0.05, 0.1) is 0 Å². The highest BCUT2D eigenvalue weighted by Gasteiger charge is 2.53. The topological polar surface area (TPSA) is 117 Å². The van der Waals surface area contributed by atoms with Crippen molar-refractivity contribution < 1.29 is 29.3 Å². The van der Waals surface area contributed by atoms with Crippen molar-refractivity contribution in [1.29, 1.82) is 0 Å². The molecule has 0 spiro atoms. The summed E-state index contributed by atoms with van der Waals surface area (Å²) < 4.78 is 11.5. The SMILES string of the molecule is O=C(Oc1cccc2c1C[C@H]1NCC[C@@]23CCCC[C@@H]13)C(O)C(O)C(=O)Oc1cccc2c1C[C@H]1NCC[C@@]23CCCC[C@@H]13. The van der Waals surface area contributed by atoms with Crippen molar-refractivity contribution >= 4 is 11.9 Å². The van der Waals surface area contributed by atoms with E-state index in [-0.39, 0.29) is 10.8 Å². The molecule has 2 aromatic rings. The normalized spacial score (nSPS) is 34.7. The molecule has 44 heavy (non-hydrogen) atoms. The standard InChI is InChI=1S/C36H44N2O6/c39-31(33(41)43-29-11-5-9-23-21(29)19-27-25-7-1-3-13-35(23,25)15-17-37-27)32(40)34(42)44-30-12-6-10-24-22(30)20-28-26-8-2-4-14-36(24,26)16-18-38-28/h5-6,9-12,25-28,31-32,37-40H,1-4,7-8,13-20H2/t25-,26-,27+,28+,31?,32?,35-,36-/m0/s1. The van der Waals surface area contributed by atoms with Crippen LogP contribution in [0.3, 0.4) is 0 Å². The van der Waals surface area contributed by atoms with Crippen LogP contribution in [0.2, 0.25) is 0 Å². The van der Waals surface area contributed by atoms with Crippen LogP contribution in [-0.4, -0.2) is 59.5 Å². The van der Waals surface area contributed by atoms with E-state index in [0.717, 1.165) is 62.7 Å². The Morgan fingerprint density at radius 3 is 1.59 bits per heavy atom. The molecule has 8 nitrogen and oxygen atoms in total. The summed E-state index contributed by atoms with van der Waals surface area (Å²) in [5.41, 5.74) is 4.69. The molecule has 6 aliphatic rings. The molecule has 4 aliphatic carbocycles. The number of aliphatic hydroxyl groups excluding tert-OH is 2. The number of nitrogens with one attached hydrogen (secondary N) is 2. The van der Waals surface area contributed by atoms with Crippen LogP contribution in [0, 0.1) is 11.8 Å². The zero-order valence-electron chi connectivity index (χ0n) is 25.4. The number of piperidine rings is 2. The van der Waals surface area contributed by atoms with Crippen molar-refractivity contribution in [2.24, 2.45) is 11.8 Å². The van der Waals surface area contributed by atoms with E-state index < -0.39 is 24.1 Å². The first-order chi connectivity index (χ1) is 21.4. The summed E-state index contributed by atoms with van der Waals surface area (Å²) in [6.07, 6.45) is 9.07. The highest BCUT2D eigenvalue weighted by Crippen LogP contribution is 2.56. The molecule has 8 atom stereocenters. The van der Waals surface area contributed by atoms with E-state index in [1.807, 2.05) is 12.1 Å². The molecule has 234 valence electrons. The monoisotopic (exact) mass is 600 g/mol. The van der Waals surface area contributed by atoms with Gasteiger partial charge in [0, 0.05) is 34.0 Å². The summed E-state index contributed by atoms with van der Waals surface area (Å²) in [6, 6.07) is 12.4. The summed E-state index contributed by atoms with van der Waals surface area (Å²) in [5, 5.41) is 29.0. The van der Waals surface area contributed by atoms with Crippen molar-refractivity contribution in [3.05, 3.63) is 58.7 Å². The fourth-order valence-corrected chi connectivity index (χ4v) is 10.7. The Hall–Kier alpha value is -2.78. The zero-order chi connectivity index (χ0) is 30.1. The quantitative estimate of drug-likeness (QED) is 0.304. The van der Waals surface area contributed by atoms with E-state index in [4.69, 9.17) is 9.47 Å². The molecule has 4 fully saturated rings. The molecule has 8 heteroatoms. The van der Waals surface area contributed by atoms with Crippen LogP contribution in [0.25, 0.3) is 0 Å². The summed E-state index contributed by atoms with van der Waals surface area (Å²) in [7, 11) is 0. The van der Waals surface area contributed by atoms with Gasteiger partial charge in [0.2, 0.25) is 0 Å². The van der Waals surface area contributed by atoms with E-state index in [1.54, 1.807) is 12.1 Å². The molecule has 4 N–H and O–H groups in total. The van der Waals surface area contributed by atoms with E-state index >= 15 is 0 Å². The van der Waals surface area contributed by atoms with Crippen LogP contribution in [0.1, 0.15) is 86.5 Å². The van der Waals surface area contributed by atoms with Gasteiger partial charge in [-0.3, -0.25) is 0 Å². The lowest BCUT2D eigenvalue weighted by atomic mass is 9.53. The Bertz CT molecular complexity index is 1360. The summed E-state index contributed by atoms with van der Waals surface area (Å²) >= 11 is 0. The summed E-state index contributed by atoms with van der Waals surface area (Å²) in [4.78, 5) is 26.4. The number of carbonyl (C=O) groups is 2. The Kier molecular flexibility index (Phi) is 7.13. The lowest BCUT2D eigenvalue weighted by Crippen LogP contribution is -2.59. The van der Waals surface area contributed by atoms with Crippen LogP contribution >= 0.6 is 0 Å². The second-order valence-corrected chi connectivity index (χ2v) is 14.3. The highest BCUT2D eigenvalue weighted by molar-refractivity contribution is 5.87. The molecule has 2 aliphatic heterocycles. The van der Waals surface area contributed by atoms with E-state index in [1.165, 1.54) is 49.7 Å². The van der Waals surface area contributed by atoms with Crippen molar-refractivity contribution in [3.8, 4) is 11.5 Å². The fraction of sp³-hybridized carbons (Fsp3) is 0.611. The number of fused-ring (bicyclic) bond motifs is 2. The number of rotatable bonds is 5. The van der Waals surface area contributed by atoms with Gasteiger partial charge in [-0.1, -0.05) is 49.9 Å². The molecule has 4 bridgehead atoms. The second-order valence-electron chi connectivity index (χ2n) is 14.3. The van der Waals surface area contributed by atoms with Crippen molar-refractivity contribution in [3.63, 3.8) is 0 Å². The maximum atomic E-state index is 13.2. The van der Waals surface area contributed by atoms with Crippen LogP contribution in [0.15, 0.2) is 36.4 Å². The number of esters is 2. The third kappa shape index (κ3) is 4.32. The molecule has 0 radical (unpaired) electrons. The molecule has 2 heterocycles. The fourth-order valence-electron chi connectivity index (χ4n) is 10.7. The lowest BCUT2D eigenvalue weighted by Gasteiger charge is -2.56. The highest BCUT2D eigenvalue weighted by atomic mass is 16.6. The van der Waals surface area contributed by atoms with Gasteiger partial charge in [-0.25, -0.2) is 9.59 Å². The predicted molar refractivity (Wildman–Crippen MR) is 164 cm³/mol. The van der Waals surface area contributed by atoms with Crippen molar-refractivity contribution in [1.82, 2.24) is 10.6 Å². The number of aliphatic hydroxyl groups is 2. The Morgan fingerprint density at radius 2 is 1.14 bits per heavy atom. The maximum Gasteiger partial charge on any atom is 0.343 e. The predicted octanol–water partition coefficient (Wildman–Crippen LogP) is 3.61. The first kappa shape index (κ1) is 28.7. The number of hydrogen-bond donors (Lipinski definition) is 4. The Labute approximate surface area is 258 Å². The lowest BCUT2D eigenvalue weighted by molar-refractivity contribution is -0.162. The maximum absolute atomic E-state index is 13.2. The van der Waals surface area contributed by atoms with Crippen LogP contribution < -0.4 is 20.1 Å². The average molecular weight is 601 g/mol. The Morgan fingerprint density at radius 1 is 0.682 bits per heavy atom. The third-order valence-electron chi connectivity index (χ3n) is 12.5. The van der Waals surface area contributed by atoms with Gasteiger partial charge in [-0.2, -0.15) is 0 Å². The van der Waals surface area contributed by atoms with Gasteiger partial charge in [0.1, 0.15) is 11.5 Å². The molecule has 2 aromatic carbocycles. The van der Waals surface area contributed by atoms with Crippen LogP contribution in [0.5, 0.6) is 11.5 Å². The molecule has 0 aromatic heterocycles. The Balaban J connectivity index is 1.00. The summed E-state index contributed by atoms with van der Waals surface area (Å²) in [5.74, 6) is -0.144. The van der Waals surface area contributed by atoms with Gasteiger partial charge in [0.15, 0.2) is 12.2 Å². The van der Waals surface area contributed by atoms with Gasteiger partial charge >= 0.3 is 11.9 Å². The van der Waals surface area contributed by atoms with Gasteiger partial charge in [-0.05, 0) is 99.6 Å². The van der Waals surface area contributed by atoms with Gasteiger partial charge in [0.25, 0.3) is 0 Å². The minimum atomic E-state index is -2.07. The zero-order valence-corrected chi connectivity index (χ0v) is 25.4. The molecule has 2 unspecified atom stereocenters. The first-order valence-corrected chi connectivity index (χ1v) is 16.9. The third-order valence-corrected chi connectivity index (χ3v) is 12.5. The molecular formula is C36H44N2O6. The molecule has 8 rings (SSSR count). The minimum Gasteiger partial charge on any atom is -0.424 e. The largest absolute Gasteiger partial charge is 0.424 e. The van der Waals surface area contributed by atoms with E-state index in [0.29, 0.717) is 35.4 Å². The van der Waals surface area contributed by atoms with Gasteiger partial charge in [-0.15, -0.1) is 0 Å². The number of carbonyl (C=O) groups excluding carboxylic acids is 2. The van der Waals surface area contributed by atoms with Crippen molar-refractivity contribution in [2.45, 2.75) is 112 Å².